The lowest BCUT2D eigenvalue weighted by Gasteiger charge is -2.18. The van der Waals surface area contributed by atoms with E-state index in [1.165, 1.54) is 12.7 Å². The van der Waals surface area contributed by atoms with Gasteiger partial charge in [-0.25, -0.2) is 4.79 Å². The van der Waals surface area contributed by atoms with E-state index in [9.17, 15) is 9.59 Å². The van der Waals surface area contributed by atoms with E-state index in [4.69, 9.17) is 4.74 Å². The van der Waals surface area contributed by atoms with E-state index >= 15 is 0 Å². The number of ketones is 1. The van der Waals surface area contributed by atoms with E-state index in [2.05, 4.69) is 47.6 Å². The lowest BCUT2D eigenvalue weighted by Crippen LogP contribution is -2.28. The Kier molecular flexibility index (Phi) is 6.67. The number of rotatable bonds is 8. The Morgan fingerprint density at radius 3 is 2.48 bits per heavy atom. The van der Waals surface area contributed by atoms with Crippen molar-refractivity contribution in [3.8, 4) is 0 Å². The molecule has 0 aliphatic rings. The maximum absolute atomic E-state index is 12.9. The number of H-pyrrole nitrogens is 1. The van der Waals surface area contributed by atoms with Gasteiger partial charge in [0.15, 0.2) is 5.78 Å². The second kappa shape index (κ2) is 9.20. The van der Waals surface area contributed by atoms with E-state index in [0.717, 1.165) is 16.9 Å². The molecular weight excluding hydrogens is 384 g/mol. The molecule has 0 fully saturated rings. The van der Waals surface area contributed by atoms with Crippen LogP contribution in [0.3, 0.4) is 0 Å². The van der Waals surface area contributed by atoms with Crippen LogP contribution in [-0.4, -0.2) is 30.4 Å². The number of nitrogens with one attached hydrogen (secondary N) is 2. The standard InChI is InChI=1S/C23H26N2O3S/c1-5-16-8-10-17(11-9-16)22(19-7-6-12-29-19)24-13-18(26)21-14(2)20(15(3)25-21)23(27)28-4/h6-12,22,24-25H,5,13H2,1-4H3/t22-/m0/s1. The number of esters is 1. The van der Waals surface area contributed by atoms with Crippen LogP contribution in [0.15, 0.2) is 41.8 Å². The summed E-state index contributed by atoms with van der Waals surface area (Å²) in [6, 6.07) is 12.5. The number of Topliss-reactive ketones (excluding diaryl/α,β-unsaturated/α-hetero) is 1. The predicted molar refractivity (Wildman–Crippen MR) is 116 cm³/mol. The molecule has 6 heteroatoms. The van der Waals surface area contributed by atoms with Gasteiger partial charge in [0.1, 0.15) is 0 Å². The Hall–Kier alpha value is -2.70. The fourth-order valence-electron chi connectivity index (χ4n) is 3.50. The lowest BCUT2D eigenvalue weighted by atomic mass is 10.0. The molecule has 3 rings (SSSR count). The molecule has 0 aliphatic carbocycles. The summed E-state index contributed by atoms with van der Waals surface area (Å²) < 4.78 is 4.83. The zero-order chi connectivity index (χ0) is 21.0. The molecule has 1 aromatic carbocycles. The van der Waals surface area contributed by atoms with Gasteiger partial charge in [-0.05, 0) is 48.4 Å². The predicted octanol–water partition coefficient (Wildman–Crippen LogP) is 4.60. The number of thiophene rings is 1. The molecule has 0 saturated carbocycles. The van der Waals surface area contributed by atoms with E-state index < -0.39 is 5.97 Å². The van der Waals surface area contributed by atoms with Crippen molar-refractivity contribution in [3.05, 3.63) is 80.3 Å². The summed E-state index contributed by atoms with van der Waals surface area (Å²) in [5.74, 6) is -0.525. The molecule has 0 amide bonds. The van der Waals surface area contributed by atoms with Gasteiger partial charge in [-0.3, -0.25) is 10.1 Å². The normalized spacial score (nSPS) is 12.0. The van der Waals surface area contributed by atoms with Crippen molar-refractivity contribution in [3.63, 3.8) is 0 Å². The van der Waals surface area contributed by atoms with E-state index in [-0.39, 0.29) is 18.4 Å². The van der Waals surface area contributed by atoms with Crippen LogP contribution in [0.5, 0.6) is 0 Å². The van der Waals surface area contributed by atoms with Crippen LogP contribution < -0.4 is 5.32 Å². The van der Waals surface area contributed by atoms with Gasteiger partial charge in [0.25, 0.3) is 0 Å². The molecule has 29 heavy (non-hydrogen) atoms. The molecule has 2 heterocycles. The van der Waals surface area contributed by atoms with Crippen molar-refractivity contribution in [1.82, 2.24) is 10.3 Å². The van der Waals surface area contributed by atoms with E-state index in [1.807, 2.05) is 11.4 Å². The van der Waals surface area contributed by atoms with Gasteiger partial charge in [-0.15, -0.1) is 11.3 Å². The molecule has 0 spiro atoms. The molecule has 5 nitrogen and oxygen atoms in total. The summed E-state index contributed by atoms with van der Waals surface area (Å²) in [7, 11) is 1.34. The molecule has 0 unspecified atom stereocenters. The number of hydrogen-bond donors (Lipinski definition) is 2. The summed E-state index contributed by atoms with van der Waals surface area (Å²) in [5.41, 5.74) is 4.54. The molecular formula is C23H26N2O3S. The number of aromatic nitrogens is 1. The SMILES string of the molecule is CCc1ccc([C@H](NCC(=O)c2[nH]c(C)c(C(=O)OC)c2C)c2cccs2)cc1. The quantitative estimate of drug-likeness (QED) is 0.420. The van der Waals surface area contributed by atoms with Crippen LogP contribution in [0.1, 0.15) is 61.1 Å². The number of benzene rings is 1. The number of aromatic amines is 1. The van der Waals surface area contributed by atoms with Crippen molar-refractivity contribution < 1.29 is 14.3 Å². The van der Waals surface area contributed by atoms with E-state index in [1.54, 1.807) is 25.2 Å². The van der Waals surface area contributed by atoms with E-state index in [0.29, 0.717) is 22.5 Å². The first kappa shape index (κ1) is 21.0. The Labute approximate surface area is 175 Å². The van der Waals surface area contributed by atoms with Crippen molar-refractivity contribution in [1.29, 1.82) is 0 Å². The number of hydrogen-bond acceptors (Lipinski definition) is 5. The molecule has 152 valence electrons. The Morgan fingerprint density at radius 1 is 1.17 bits per heavy atom. The number of ether oxygens (including phenoxy) is 1. The highest BCUT2D eigenvalue weighted by Crippen LogP contribution is 2.27. The molecule has 3 aromatic rings. The van der Waals surface area contributed by atoms with Gasteiger partial charge >= 0.3 is 5.97 Å². The third-order valence-corrected chi connectivity index (χ3v) is 6.06. The lowest BCUT2D eigenvalue weighted by molar-refractivity contribution is 0.0599. The molecule has 0 saturated heterocycles. The second-order valence-electron chi connectivity index (χ2n) is 6.96. The number of carbonyl (C=O) groups is 2. The highest BCUT2D eigenvalue weighted by atomic mass is 32.1. The first-order valence-electron chi connectivity index (χ1n) is 9.62. The van der Waals surface area contributed by atoms with Crippen LogP contribution in [0.4, 0.5) is 0 Å². The molecule has 0 radical (unpaired) electrons. The average Bonchev–Trinajstić information content (AvgIpc) is 3.36. The van der Waals surface area contributed by atoms with Gasteiger partial charge in [0.05, 0.1) is 31.0 Å². The number of methoxy groups -OCH3 is 1. The van der Waals surface area contributed by atoms with Crippen LogP contribution in [-0.2, 0) is 11.2 Å². The highest BCUT2D eigenvalue weighted by molar-refractivity contribution is 7.10. The van der Waals surface area contributed by atoms with Crippen molar-refractivity contribution in [2.45, 2.75) is 33.2 Å². The van der Waals surface area contributed by atoms with Gasteiger partial charge in [-0.2, -0.15) is 0 Å². The van der Waals surface area contributed by atoms with Crippen molar-refractivity contribution >= 4 is 23.1 Å². The fraction of sp³-hybridized carbons (Fsp3) is 0.304. The average molecular weight is 411 g/mol. The Morgan fingerprint density at radius 2 is 1.90 bits per heavy atom. The molecule has 0 aliphatic heterocycles. The van der Waals surface area contributed by atoms with Crippen molar-refractivity contribution in [2.75, 3.05) is 13.7 Å². The minimum absolute atomic E-state index is 0.0682. The summed E-state index contributed by atoms with van der Waals surface area (Å²) in [6.45, 7) is 5.82. The molecule has 1 atom stereocenters. The fourth-order valence-corrected chi connectivity index (χ4v) is 4.33. The Bertz CT molecular complexity index is 988. The minimum Gasteiger partial charge on any atom is -0.465 e. The highest BCUT2D eigenvalue weighted by Gasteiger charge is 2.23. The maximum Gasteiger partial charge on any atom is 0.339 e. The zero-order valence-corrected chi connectivity index (χ0v) is 18.0. The van der Waals surface area contributed by atoms with Gasteiger partial charge in [-0.1, -0.05) is 37.3 Å². The summed E-state index contributed by atoms with van der Waals surface area (Å²) in [6.07, 6.45) is 0.990. The first-order chi connectivity index (χ1) is 14.0. The third-order valence-electron chi connectivity index (χ3n) is 5.12. The zero-order valence-electron chi connectivity index (χ0n) is 17.2. The summed E-state index contributed by atoms with van der Waals surface area (Å²) in [4.78, 5) is 29.1. The van der Waals surface area contributed by atoms with Gasteiger partial charge in [0.2, 0.25) is 0 Å². The third kappa shape index (κ3) is 4.49. The second-order valence-corrected chi connectivity index (χ2v) is 7.94. The van der Waals surface area contributed by atoms with Crippen molar-refractivity contribution in [2.24, 2.45) is 0 Å². The topological polar surface area (TPSA) is 71.2 Å². The smallest absolute Gasteiger partial charge is 0.339 e. The van der Waals surface area contributed by atoms with Gasteiger partial charge < -0.3 is 9.72 Å². The van der Waals surface area contributed by atoms with Gasteiger partial charge in [0, 0.05) is 10.6 Å². The largest absolute Gasteiger partial charge is 0.465 e. The summed E-state index contributed by atoms with van der Waals surface area (Å²) >= 11 is 1.66. The van der Waals surface area contributed by atoms with Crippen LogP contribution in [0.25, 0.3) is 0 Å². The van der Waals surface area contributed by atoms with Crippen LogP contribution in [0.2, 0.25) is 0 Å². The first-order valence-corrected chi connectivity index (χ1v) is 10.5. The molecule has 2 N–H and O–H groups in total. The number of aryl methyl sites for hydroxylation is 2. The monoisotopic (exact) mass is 410 g/mol. The molecule has 2 aromatic heterocycles. The Balaban J connectivity index is 1.81. The maximum atomic E-state index is 12.9. The summed E-state index contributed by atoms with van der Waals surface area (Å²) in [5, 5.41) is 5.43. The van der Waals surface area contributed by atoms with Crippen LogP contribution in [0, 0.1) is 13.8 Å². The van der Waals surface area contributed by atoms with Crippen LogP contribution >= 0.6 is 11.3 Å². The molecule has 0 bridgehead atoms. The number of carbonyl (C=O) groups excluding carboxylic acids is 2. The minimum atomic E-state index is -0.435.